The van der Waals surface area contributed by atoms with E-state index in [-0.39, 0.29) is 17.9 Å². The minimum absolute atomic E-state index is 0.230. The number of H-pyrrole nitrogens is 2. The van der Waals surface area contributed by atoms with Gasteiger partial charge in [-0.05, 0) is 35.9 Å². The van der Waals surface area contributed by atoms with Crippen molar-refractivity contribution in [3.8, 4) is 0 Å². The van der Waals surface area contributed by atoms with Crippen molar-refractivity contribution in [2.75, 3.05) is 5.32 Å². The highest BCUT2D eigenvalue weighted by atomic mass is 16.4. The summed E-state index contributed by atoms with van der Waals surface area (Å²) in [5.41, 5.74) is 2.07. The number of carbonyl (C=O) groups excluding carboxylic acids is 1. The molecule has 4 aromatic rings. The Morgan fingerprint density at radius 2 is 2.07 bits per heavy atom. The Hall–Kier alpha value is -3.94. The first-order valence-electron chi connectivity index (χ1n) is 8.12. The van der Waals surface area contributed by atoms with Gasteiger partial charge in [-0.3, -0.25) is 19.4 Å². The topological polar surface area (TPSA) is 128 Å². The van der Waals surface area contributed by atoms with Gasteiger partial charge in [0.2, 0.25) is 0 Å². The standard InChI is InChI=1S/C19H14N4O4/c24-15(25)6-11-9-21-19(27)17-16(11)13-7-12(3-4-14(13)23-17)22-18(26)10-2-1-5-20-8-10/h1-5,7-9,23H,6H2,(H,21,27)(H,22,26)(H,24,25). The van der Waals surface area contributed by atoms with Crippen LogP contribution < -0.4 is 10.9 Å². The maximum atomic E-state index is 12.3. The van der Waals surface area contributed by atoms with Gasteiger partial charge in [-0.15, -0.1) is 0 Å². The number of nitrogens with one attached hydrogen (secondary N) is 3. The van der Waals surface area contributed by atoms with Gasteiger partial charge in [0.15, 0.2) is 0 Å². The first kappa shape index (κ1) is 16.5. The van der Waals surface area contributed by atoms with Crippen LogP contribution in [0.15, 0.2) is 53.7 Å². The molecule has 1 amide bonds. The molecule has 0 radical (unpaired) electrons. The van der Waals surface area contributed by atoms with Crippen LogP contribution in [0.1, 0.15) is 15.9 Å². The predicted molar refractivity (Wildman–Crippen MR) is 100.0 cm³/mol. The maximum Gasteiger partial charge on any atom is 0.307 e. The molecule has 3 heterocycles. The highest BCUT2D eigenvalue weighted by Gasteiger charge is 2.15. The van der Waals surface area contributed by atoms with Crippen molar-refractivity contribution in [2.45, 2.75) is 6.42 Å². The van der Waals surface area contributed by atoms with E-state index in [9.17, 15) is 14.4 Å². The Labute approximate surface area is 151 Å². The number of aromatic nitrogens is 3. The SMILES string of the molecule is O=C(O)Cc1c[nH]c(=O)c2[nH]c3ccc(NC(=O)c4cccnc4)cc3c12. The Morgan fingerprint density at radius 1 is 1.22 bits per heavy atom. The summed E-state index contributed by atoms with van der Waals surface area (Å²) in [6.45, 7) is 0. The number of carboxylic acids is 1. The number of hydrogen-bond donors (Lipinski definition) is 4. The number of anilines is 1. The zero-order valence-electron chi connectivity index (χ0n) is 13.9. The molecule has 0 unspecified atom stereocenters. The lowest BCUT2D eigenvalue weighted by Crippen LogP contribution is -2.11. The molecule has 8 nitrogen and oxygen atoms in total. The summed E-state index contributed by atoms with van der Waals surface area (Å²) >= 11 is 0. The van der Waals surface area contributed by atoms with E-state index in [1.54, 1.807) is 36.5 Å². The summed E-state index contributed by atoms with van der Waals surface area (Å²) in [6, 6.07) is 8.47. The minimum atomic E-state index is -1.00. The number of aliphatic carboxylic acids is 1. The van der Waals surface area contributed by atoms with Crippen LogP contribution in [0.5, 0.6) is 0 Å². The van der Waals surface area contributed by atoms with Gasteiger partial charge >= 0.3 is 5.97 Å². The molecule has 0 saturated carbocycles. The molecule has 0 bridgehead atoms. The van der Waals surface area contributed by atoms with Gasteiger partial charge < -0.3 is 20.4 Å². The summed E-state index contributed by atoms with van der Waals surface area (Å²) < 4.78 is 0. The van der Waals surface area contributed by atoms with Crippen molar-refractivity contribution in [1.29, 1.82) is 0 Å². The van der Waals surface area contributed by atoms with E-state index in [0.29, 0.717) is 38.6 Å². The molecule has 0 atom stereocenters. The van der Waals surface area contributed by atoms with Crippen LogP contribution in [-0.2, 0) is 11.2 Å². The summed E-state index contributed by atoms with van der Waals surface area (Å²) in [6.07, 6.45) is 4.22. The Morgan fingerprint density at radius 3 is 2.81 bits per heavy atom. The largest absolute Gasteiger partial charge is 0.481 e. The van der Waals surface area contributed by atoms with Crippen LogP contribution >= 0.6 is 0 Å². The Kier molecular flexibility index (Phi) is 3.92. The van der Waals surface area contributed by atoms with Crippen molar-refractivity contribution in [3.05, 3.63) is 70.4 Å². The molecule has 4 rings (SSSR count). The van der Waals surface area contributed by atoms with Crippen LogP contribution in [0, 0.1) is 0 Å². The zero-order chi connectivity index (χ0) is 19.0. The fourth-order valence-electron chi connectivity index (χ4n) is 3.07. The number of aromatic amines is 2. The zero-order valence-corrected chi connectivity index (χ0v) is 13.9. The molecule has 4 N–H and O–H groups in total. The quantitative estimate of drug-likeness (QED) is 0.443. The van der Waals surface area contributed by atoms with Crippen molar-refractivity contribution in [1.82, 2.24) is 15.0 Å². The van der Waals surface area contributed by atoms with Crippen LogP contribution in [0.2, 0.25) is 0 Å². The predicted octanol–water partition coefficient (Wildman–Crippen LogP) is 2.28. The van der Waals surface area contributed by atoms with Gasteiger partial charge in [-0.25, -0.2) is 0 Å². The molecular formula is C19H14N4O4. The minimum Gasteiger partial charge on any atom is -0.481 e. The number of hydrogen-bond acceptors (Lipinski definition) is 4. The fourth-order valence-corrected chi connectivity index (χ4v) is 3.07. The van der Waals surface area contributed by atoms with E-state index < -0.39 is 5.97 Å². The molecule has 27 heavy (non-hydrogen) atoms. The summed E-state index contributed by atoms with van der Waals surface area (Å²) in [7, 11) is 0. The average Bonchev–Trinajstić information content (AvgIpc) is 3.04. The fraction of sp³-hybridized carbons (Fsp3) is 0.0526. The number of pyridine rings is 2. The molecule has 0 aliphatic carbocycles. The van der Waals surface area contributed by atoms with E-state index in [0.717, 1.165) is 0 Å². The molecule has 3 aromatic heterocycles. The third-order valence-corrected chi connectivity index (χ3v) is 4.25. The van der Waals surface area contributed by atoms with Crippen LogP contribution in [0.3, 0.4) is 0 Å². The Balaban J connectivity index is 1.82. The van der Waals surface area contributed by atoms with E-state index in [1.807, 2.05) is 0 Å². The van der Waals surface area contributed by atoms with Crippen LogP contribution in [0.25, 0.3) is 21.8 Å². The summed E-state index contributed by atoms with van der Waals surface area (Å²) in [5.74, 6) is -1.32. The monoisotopic (exact) mass is 362 g/mol. The number of carbonyl (C=O) groups is 2. The van der Waals surface area contributed by atoms with Gasteiger partial charge in [0.05, 0.1) is 12.0 Å². The van der Waals surface area contributed by atoms with Crippen LogP contribution in [-0.4, -0.2) is 31.9 Å². The van der Waals surface area contributed by atoms with Crippen LogP contribution in [0.4, 0.5) is 5.69 Å². The van der Waals surface area contributed by atoms with E-state index >= 15 is 0 Å². The lowest BCUT2D eigenvalue weighted by atomic mass is 10.1. The molecule has 0 saturated heterocycles. The summed E-state index contributed by atoms with van der Waals surface area (Å²) in [5, 5.41) is 13.1. The highest BCUT2D eigenvalue weighted by molar-refractivity contribution is 6.11. The second-order valence-electron chi connectivity index (χ2n) is 6.04. The Bertz CT molecular complexity index is 1240. The second-order valence-corrected chi connectivity index (χ2v) is 6.04. The normalized spacial score (nSPS) is 11.0. The smallest absolute Gasteiger partial charge is 0.307 e. The molecule has 0 fully saturated rings. The maximum absolute atomic E-state index is 12.3. The number of amides is 1. The van der Waals surface area contributed by atoms with E-state index in [1.165, 1.54) is 12.4 Å². The third-order valence-electron chi connectivity index (χ3n) is 4.25. The van der Waals surface area contributed by atoms with Gasteiger partial charge in [0.25, 0.3) is 11.5 Å². The first-order valence-corrected chi connectivity index (χ1v) is 8.12. The third kappa shape index (κ3) is 3.04. The van der Waals surface area contributed by atoms with Gasteiger partial charge in [-0.1, -0.05) is 0 Å². The van der Waals surface area contributed by atoms with Gasteiger partial charge in [0, 0.05) is 40.6 Å². The molecule has 1 aromatic carbocycles. The van der Waals surface area contributed by atoms with Crippen molar-refractivity contribution < 1.29 is 14.7 Å². The van der Waals surface area contributed by atoms with Gasteiger partial charge in [-0.2, -0.15) is 0 Å². The first-order chi connectivity index (χ1) is 13.0. The van der Waals surface area contributed by atoms with Crippen molar-refractivity contribution in [2.24, 2.45) is 0 Å². The highest BCUT2D eigenvalue weighted by Crippen LogP contribution is 2.29. The molecule has 8 heteroatoms. The van der Waals surface area contributed by atoms with Crippen molar-refractivity contribution >= 4 is 39.4 Å². The number of fused-ring (bicyclic) bond motifs is 3. The summed E-state index contributed by atoms with van der Waals surface area (Å²) in [4.78, 5) is 45.1. The number of benzene rings is 1. The number of rotatable bonds is 4. The average molecular weight is 362 g/mol. The lowest BCUT2D eigenvalue weighted by Gasteiger charge is -2.06. The molecular weight excluding hydrogens is 348 g/mol. The number of nitrogens with zero attached hydrogens (tertiary/aromatic N) is 1. The van der Waals surface area contributed by atoms with Gasteiger partial charge in [0.1, 0.15) is 5.52 Å². The van der Waals surface area contributed by atoms with E-state index in [4.69, 9.17) is 5.11 Å². The second kappa shape index (κ2) is 6.41. The number of carboxylic acid groups (broad SMARTS) is 1. The van der Waals surface area contributed by atoms with E-state index in [2.05, 4.69) is 20.3 Å². The molecule has 0 aliphatic heterocycles. The molecule has 134 valence electrons. The molecule has 0 aliphatic rings. The lowest BCUT2D eigenvalue weighted by molar-refractivity contribution is -0.136. The van der Waals surface area contributed by atoms with Crippen molar-refractivity contribution in [3.63, 3.8) is 0 Å². The molecule has 0 spiro atoms.